The summed E-state index contributed by atoms with van der Waals surface area (Å²) in [5.74, 6) is 0.360. The maximum Gasteiger partial charge on any atom is 0.341 e. The van der Waals surface area contributed by atoms with E-state index in [0.717, 1.165) is 53.4 Å². The van der Waals surface area contributed by atoms with E-state index in [1.165, 1.54) is 0 Å². The fraction of sp³-hybridized carbons (Fsp3) is 0.280. The quantitative estimate of drug-likeness (QED) is 0.303. The highest BCUT2D eigenvalue weighted by Crippen LogP contribution is 2.28. The lowest BCUT2D eigenvalue weighted by Gasteiger charge is -2.36. The molecule has 5 heterocycles. The van der Waals surface area contributed by atoms with Gasteiger partial charge >= 0.3 is 10.8 Å². The molecule has 3 N–H and O–H groups in total. The van der Waals surface area contributed by atoms with Gasteiger partial charge < -0.3 is 24.9 Å². The van der Waals surface area contributed by atoms with Crippen LogP contribution in [0.2, 0.25) is 0 Å². The molecule has 196 valence electrons. The number of piperazine rings is 1. The molecule has 13 heteroatoms. The van der Waals surface area contributed by atoms with Gasteiger partial charge in [-0.05, 0) is 42.5 Å². The number of thiazole rings is 1. The Morgan fingerprint density at radius 2 is 1.92 bits per heavy atom. The molecule has 1 saturated heterocycles. The molecule has 6 rings (SSSR count). The zero-order valence-corrected chi connectivity index (χ0v) is 21.1. The second kappa shape index (κ2) is 9.84. The van der Waals surface area contributed by atoms with Gasteiger partial charge in [0.15, 0.2) is 18.0 Å². The van der Waals surface area contributed by atoms with Crippen molar-refractivity contribution < 1.29 is 19.1 Å². The van der Waals surface area contributed by atoms with Crippen molar-refractivity contribution in [3.05, 3.63) is 58.4 Å². The third-order valence-electron chi connectivity index (χ3n) is 6.60. The van der Waals surface area contributed by atoms with Crippen LogP contribution >= 0.6 is 11.3 Å². The smallest absolute Gasteiger partial charge is 0.341 e. The molecule has 1 fully saturated rings. The molecule has 1 aliphatic rings. The number of anilines is 2. The maximum absolute atomic E-state index is 12.9. The zero-order chi connectivity index (χ0) is 26.2. The van der Waals surface area contributed by atoms with Gasteiger partial charge in [0, 0.05) is 45.0 Å². The molecule has 0 spiro atoms. The van der Waals surface area contributed by atoms with E-state index in [0.29, 0.717) is 35.9 Å². The first kappa shape index (κ1) is 24.0. The number of carboxylic acid groups (broad SMARTS) is 1. The van der Waals surface area contributed by atoms with Crippen LogP contribution in [0.25, 0.3) is 27.3 Å². The molecule has 38 heavy (non-hydrogen) atoms. The third-order valence-corrected chi connectivity index (χ3v) is 7.59. The van der Waals surface area contributed by atoms with Gasteiger partial charge in [0.05, 0.1) is 11.8 Å². The lowest BCUT2D eigenvalue weighted by Crippen LogP contribution is -2.47. The molecule has 0 amide bonds. The molecule has 0 unspecified atom stereocenters. The fourth-order valence-electron chi connectivity index (χ4n) is 4.66. The fourth-order valence-corrected chi connectivity index (χ4v) is 5.62. The van der Waals surface area contributed by atoms with Gasteiger partial charge in [-0.2, -0.15) is 14.6 Å². The van der Waals surface area contributed by atoms with E-state index in [-0.39, 0.29) is 17.4 Å². The van der Waals surface area contributed by atoms with E-state index in [9.17, 15) is 9.59 Å². The van der Waals surface area contributed by atoms with Crippen LogP contribution in [0.1, 0.15) is 0 Å². The molecule has 1 aromatic carbocycles. The van der Waals surface area contributed by atoms with E-state index in [1.54, 1.807) is 33.5 Å². The van der Waals surface area contributed by atoms with E-state index >= 15 is 0 Å². The standard InChI is InChI=1S/C25H25N7O5S/c26-24-27-23-22(19-14-18(28-32(19)24)20-2-1-13-36-20)38-25(35)31(23)12-9-29-7-10-30(11-8-29)16-3-5-17(6-4-16)37-15-21(33)34/h1-6,13-14H,7-12,15H2,(H2,26,27)(H,33,34). The van der Waals surface area contributed by atoms with Crippen molar-refractivity contribution in [2.45, 2.75) is 6.54 Å². The largest absolute Gasteiger partial charge is 0.482 e. The SMILES string of the molecule is Nc1nc2c(sc(=O)n2CCN2CCN(c3ccc(OCC(=O)O)cc3)CC2)c2cc(-c3ccco3)nn12. The van der Waals surface area contributed by atoms with Crippen LogP contribution in [0, 0.1) is 0 Å². The summed E-state index contributed by atoms with van der Waals surface area (Å²) in [5.41, 5.74) is 9.20. The number of nitrogens with zero attached hydrogens (tertiary/aromatic N) is 6. The number of rotatable bonds is 8. The summed E-state index contributed by atoms with van der Waals surface area (Å²) in [6.45, 7) is 4.24. The Morgan fingerprint density at radius 3 is 2.63 bits per heavy atom. The monoisotopic (exact) mass is 535 g/mol. The Balaban J connectivity index is 1.12. The molecular weight excluding hydrogens is 510 g/mol. The van der Waals surface area contributed by atoms with E-state index in [2.05, 4.69) is 19.9 Å². The predicted molar refractivity (Wildman–Crippen MR) is 143 cm³/mol. The Bertz CT molecular complexity index is 1650. The summed E-state index contributed by atoms with van der Waals surface area (Å²) in [4.78, 5) is 32.6. The number of ether oxygens (including phenoxy) is 1. The molecule has 1 aliphatic heterocycles. The van der Waals surface area contributed by atoms with Crippen molar-refractivity contribution in [1.29, 1.82) is 0 Å². The van der Waals surface area contributed by atoms with Crippen molar-refractivity contribution in [3.63, 3.8) is 0 Å². The average molecular weight is 536 g/mol. The first-order chi connectivity index (χ1) is 18.5. The summed E-state index contributed by atoms with van der Waals surface area (Å²) < 4.78 is 14.7. The van der Waals surface area contributed by atoms with Crippen LogP contribution in [0.4, 0.5) is 11.6 Å². The molecule has 0 bridgehead atoms. The second-order valence-electron chi connectivity index (χ2n) is 8.95. The number of nitrogens with two attached hydrogens (primary N) is 1. The van der Waals surface area contributed by atoms with Crippen molar-refractivity contribution >= 4 is 44.8 Å². The Labute approximate surface area is 220 Å². The number of aliphatic carboxylic acids is 1. The van der Waals surface area contributed by atoms with Crippen LogP contribution in [-0.4, -0.2) is 74.5 Å². The minimum atomic E-state index is -1.00. The van der Waals surface area contributed by atoms with Crippen LogP contribution in [0.3, 0.4) is 0 Å². The van der Waals surface area contributed by atoms with Gasteiger partial charge in [-0.3, -0.25) is 14.3 Å². The zero-order valence-electron chi connectivity index (χ0n) is 20.3. The topological polar surface area (TPSA) is 144 Å². The lowest BCUT2D eigenvalue weighted by atomic mass is 10.2. The van der Waals surface area contributed by atoms with Crippen LogP contribution in [0.15, 0.2) is 57.9 Å². The molecule has 12 nitrogen and oxygen atoms in total. The van der Waals surface area contributed by atoms with E-state index in [1.807, 2.05) is 24.3 Å². The minimum absolute atomic E-state index is 0.0791. The number of benzene rings is 1. The van der Waals surface area contributed by atoms with Crippen LogP contribution in [-0.2, 0) is 11.3 Å². The third kappa shape index (κ3) is 4.57. The van der Waals surface area contributed by atoms with Crippen LogP contribution in [0.5, 0.6) is 5.75 Å². The average Bonchev–Trinajstić information content (AvgIpc) is 3.66. The van der Waals surface area contributed by atoms with Gasteiger partial charge in [0.25, 0.3) is 0 Å². The summed E-state index contributed by atoms with van der Waals surface area (Å²) in [6, 6.07) is 12.9. The van der Waals surface area contributed by atoms with E-state index < -0.39 is 5.97 Å². The Morgan fingerprint density at radius 1 is 1.13 bits per heavy atom. The number of carbonyl (C=O) groups is 1. The van der Waals surface area contributed by atoms with Gasteiger partial charge in [0.2, 0.25) is 5.95 Å². The highest BCUT2D eigenvalue weighted by atomic mass is 32.1. The van der Waals surface area contributed by atoms with Crippen molar-refractivity contribution in [2.75, 3.05) is 50.0 Å². The number of hydrogen-bond acceptors (Lipinski definition) is 10. The number of carboxylic acids is 1. The van der Waals surface area contributed by atoms with Crippen molar-refractivity contribution in [1.82, 2.24) is 24.1 Å². The molecule has 5 aromatic rings. The van der Waals surface area contributed by atoms with E-state index in [4.69, 9.17) is 20.0 Å². The number of aromatic nitrogens is 4. The highest BCUT2D eigenvalue weighted by Gasteiger charge is 2.21. The van der Waals surface area contributed by atoms with Gasteiger partial charge in [-0.15, -0.1) is 0 Å². The lowest BCUT2D eigenvalue weighted by molar-refractivity contribution is -0.139. The minimum Gasteiger partial charge on any atom is -0.482 e. The highest BCUT2D eigenvalue weighted by molar-refractivity contribution is 7.17. The normalized spacial score (nSPS) is 14.5. The first-order valence-corrected chi connectivity index (χ1v) is 12.9. The van der Waals surface area contributed by atoms with Gasteiger partial charge in [-0.1, -0.05) is 11.3 Å². The number of furan rings is 1. The maximum atomic E-state index is 12.9. The number of hydrogen-bond donors (Lipinski definition) is 2. The van der Waals surface area contributed by atoms with Crippen molar-refractivity contribution in [3.8, 4) is 17.2 Å². The predicted octanol–water partition coefficient (Wildman–Crippen LogP) is 2.23. The molecule has 4 aromatic heterocycles. The summed E-state index contributed by atoms with van der Waals surface area (Å²) in [5, 5.41) is 13.2. The summed E-state index contributed by atoms with van der Waals surface area (Å²) in [7, 11) is 0. The van der Waals surface area contributed by atoms with Crippen molar-refractivity contribution in [2.24, 2.45) is 0 Å². The van der Waals surface area contributed by atoms with Gasteiger partial charge in [0.1, 0.15) is 16.1 Å². The van der Waals surface area contributed by atoms with Gasteiger partial charge in [-0.25, -0.2) is 4.79 Å². The molecule has 0 saturated carbocycles. The Kier molecular flexibility index (Phi) is 6.21. The molecule has 0 atom stereocenters. The second-order valence-corrected chi connectivity index (χ2v) is 9.91. The number of fused-ring (bicyclic) bond motifs is 3. The molecular formula is C25H25N7O5S. The Hall–Kier alpha value is -4.36. The summed E-state index contributed by atoms with van der Waals surface area (Å²) >= 11 is 1.15. The first-order valence-electron chi connectivity index (χ1n) is 12.1. The molecule has 0 aliphatic carbocycles. The summed E-state index contributed by atoms with van der Waals surface area (Å²) in [6.07, 6.45) is 1.58. The molecule has 0 radical (unpaired) electrons. The van der Waals surface area contributed by atoms with Crippen LogP contribution < -0.4 is 20.2 Å². The number of nitrogen functional groups attached to an aromatic ring is 1.